The summed E-state index contributed by atoms with van der Waals surface area (Å²) in [5.41, 5.74) is 3.82. The molecule has 0 amide bonds. The first-order chi connectivity index (χ1) is 12.9. The van der Waals surface area contributed by atoms with Crippen LogP contribution in [-0.4, -0.2) is 35.1 Å². The zero-order valence-electron chi connectivity index (χ0n) is 13.6. The molecule has 0 saturated heterocycles. The zero-order chi connectivity index (χ0) is 17.4. The van der Waals surface area contributed by atoms with Crippen LogP contribution in [0.4, 0.5) is 0 Å². The van der Waals surface area contributed by atoms with Crippen molar-refractivity contribution in [1.29, 1.82) is 0 Å². The number of rotatable bonds is 3. The summed E-state index contributed by atoms with van der Waals surface area (Å²) in [4.78, 5) is 21.3. The molecule has 4 heterocycles. The zero-order valence-corrected chi connectivity index (χ0v) is 13.6. The van der Waals surface area contributed by atoms with Crippen LogP contribution in [0.3, 0.4) is 0 Å². The number of H-pyrrole nitrogens is 1. The molecule has 4 aromatic heterocycles. The van der Waals surface area contributed by atoms with Crippen molar-refractivity contribution in [3.63, 3.8) is 0 Å². The van der Waals surface area contributed by atoms with Crippen molar-refractivity contribution in [1.82, 2.24) is 35.1 Å². The minimum atomic E-state index is -0.528. The molecule has 0 aliphatic heterocycles. The van der Waals surface area contributed by atoms with Gasteiger partial charge in [0.25, 0.3) is 0 Å². The molecular weight excluding hydrogens is 330 g/mol. The summed E-state index contributed by atoms with van der Waals surface area (Å²) in [7, 11) is 0. The van der Waals surface area contributed by atoms with E-state index in [1.807, 2.05) is 18.2 Å². The smallest absolute Gasteiger partial charge is 0.247 e. The largest absolute Gasteiger partial charge is 0.443 e. The highest BCUT2D eigenvalue weighted by molar-refractivity contribution is 5.72. The number of fused-ring (bicyclic) bond motifs is 1. The Hall–Kier alpha value is -3.68. The number of hydrogen-bond acceptors (Lipinski definition) is 7. The van der Waals surface area contributed by atoms with Crippen LogP contribution < -0.4 is 0 Å². The van der Waals surface area contributed by atoms with E-state index in [0.29, 0.717) is 18.0 Å². The molecule has 8 heteroatoms. The van der Waals surface area contributed by atoms with Crippen LogP contribution in [-0.2, 0) is 11.8 Å². The summed E-state index contributed by atoms with van der Waals surface area (Å²) in [6.45, 7) is 0. The third-order valence-corrected chi connectivity index (χ3v) is 4.59. The van der Waals surface area contributed by atoms with Crippen LogP contribution in [0.2, 0.25) is 0 Å². The second-order valence-electron chi connectivity index (χ2n) is 5.97. The highest BCUT2D eigenvalue weighted by Gasteiger charge is 2.39. The first kappa shape index (κ1) is 14.6. The normalized spacial score (nSPS) is 14.9. The van der Waals surface area contributed by atoms with E-state index in [0.717, 1.165) is 22.6 Å². The molecule has 8 nitrogen and oxygen atoms in total. The molecule has 5 rings (SSSR count). The van der Waals surface area contributed by atoms with E-state index in [4.69, 9.17) is 4.42 Å². The van der Waals surface area contributed by atoms with Gasteiger partial charge in [0, 0.05) is 30.1 Å². The number of hydrogen-bond donors (Lipinski definition) is 1. The van der Waals surface area contributed by atoms with Crippen molar-refractivity contribution in [3.05, 3.63) is 78.4 Å². The predicted octanol–water partition coefficient (Wildman–Crippen LogP) is 2.20. The Morgan fingerprint density at radius 3 is 2.35 bits per heavy atom. The van der Waals surface area contributed by atoms with E-state index in [2.05, 4.69) is 41.2 Å². The van der Waals surface area contributed by atoms with Crippen LogP contribution in [0.15, 0.2) is 60.1 Å². The molecule has 0 atom stereocenters. The summed E-state index contributed by atoms with van der Waals surface area (Å²) < 4.78 is 5.40. The second-order valence-corrected chi connectivity index (χ2v) is 5.97. The van der Waals surface area contributed by atoms with Crippen LogP contribution in [0.25, 0.3) is 17.7 Å². The number of allylic oxidation sites excluding steroid dienone is 1. The SMILES string of the molecule is C1=CC(c2ccncn2)(c2ccncn2)Cc2[nH]nc(-c3ncco3)c21. The molecule has 0 fully saturated rings. The molecule has 0 bridgehead atoms. The molecule has 1 aliphatic carbocycles. The molecule has 0 unspecified atom stereocenters. The maximum atomic E-state index is 5.40. The number of nitrogens with zero attached hydrogens (tertiary/aromatic N) is 6. The van der Waals surface area contributed by atoms with Crippen LogP contribution in [0.5, 0.6) is 0 Å². The first-order valence-corrected chi connectivity index (χ1v) is 8.06. The first-order valence-electron chi connectivity index (χ1n) is 8.06. The van der Waals surface area contributed by atoms with Gasteiger partial charge < -0.3 is 4.42 Å². The average molecular weight is 343 g/mol. The van der Waals surface area contributed by atoms with Crippen LogP contribution in [0, 0.1) is 0 Å². The third kappa shape index (κ3) is 2.16. The van der Waals surface area contributed by atoms with Crippen LogP contribution in [0.1, 0.15) is 22.6 Å². The van der Waals surface area contributed by atoms with Gasteiger partial charge in [-0.05, 0) is 12.1 Å². The Morgan fingerprint density at radius 2 is 1.73 bits per heavy atom. The lowest BCUT2D eigenvalue weighted by atomic mass is 9.73. The van der Waals surface area contributed by atoms with E-state index < -0.39 is 5.41 Å². The molecule has 1 N–H and O–H groups in total. The standard InChI is InChI=1S/C18H13N7O/c1-4-18(14-2-5-19-10-22-14,15-3-6-20-11-23-15)9-13-12(1)16(25-24-13)17-21-7-8-26-17/h1-8,10-11H,9H2,(H,24,25). The summed E-state index contributed by atoms with van der Waals surface area (Å²) in [6, 6.07) is 3.81. The van der Waals surface area contributed by atoms with Gasteiger partial charge in [-0.3, -0.25) is 5.10 Å². The molecular formula is C18H13N7O. The van der Waals surface area contributed by atoms with Gasteiger partial charge in [-0.25, -0.2) is 24.9 Å². The lowest BCUT2D eigenvalue weighted by Crippen LogP contribution is -2.32. The lowest BCUT2D eigenvalue weighted by Gasteiger charge is -2.31. The monoisotopic (exact) mass is 343 g/mol. The highest BCUT2D eigenvalue weighted by Crippen LogP contribution is 2.41. The second kappa shape index (κ2) is 5.69. The van der Waals surface area contributed by atoms with E-state index in [9.17, 15) is 0 Å². The molecule has 0 radical (unpaired) electrons. The number of aromatic nitrogens is 7. The Labute approximate surface area is 148 Å². The van der Waals surface area contributed by atoms with Gasteiger partial charge in [-0.2, -0.15) is 5.10 Å². The minimum Gasteiger partial charge on any atom is -0.443 e. The van der Waals surface area contributed by atoms with Crippen molar-refractivity contribution in [2.75, 3.05) is 0 Å². The average Bonchev–Trinajstić information content (AvgIpc) is 3.38. The maximum Gasteiger partial charge on any atom is 0.247 e. The molecule has 0 saturated carbocycles. The Morgan fingerprint density at radius 1 is 0.962 bits per heavy atom. The van der Waals surface area contributed by atoms with Gasteiger partial charge >= 0.3 is 0 Å². The quantitative estimate of drug-likeness (QED) is 0.607. The molecule has 1 aliphatic rings. The van der Waals surface area contributed by atoms with Crippen LogP contribution >= 0.6 is 0 Å². The summed E-state index contributed by atoms with van der Waals surface area (Å²) in [6.07, 6.45) is 14.5. The van der Waals surface area contributed by atoms with Gasteiger partial charge in [0.1, 0.15) is 18.9 Å². The van der Waals surface area contributed by atoms with Crippen molar-refractivity contribution < 1.29 is 4.42 Å². The van der Waals surface area contributed by atoms with Gasteiger partial charge in [0.15, 0.2) is 5.69 Å². The van der Waals surface area contributed by atoms with E-state index >= 15 is 0 Å². The maximum absolute atomic E-state index is 5.40. The molecule has 0 aromatic carbocycles. The Balaban J connectivity index is 1.67. The lowest BCUT2D eigenvalue weighted by molar-refractivity contribution is 0.571. The van der Waals surface area contributed by atoms with Gasteiger partial charge in [-0.15, -0.1) is 0 Å². The summed E-state index contributed by atoms with van der Waals surface area (Å²) in [5, 5.41) is 7.52. The number of nitrogens with one attached hydrogen (secondary N) is 1. The summed E-state index contributed by atoms with van der Waals surface area (Å²) in [5.74, 6) is 0.490. The van der Waals surface area contributed by atoms with Crippen molar-refractivity contribution in [3.8, 4) is 11.6 Å². The highest BCUT2D eigenvalue weighted by atomic mass is 16.3. The fourth-order valence-corrected chi connectivity index (χ4v) is 3.36. The third-order valence-electron chi connectivity index (χ3n) is 4.59. The molecule has 4 aromatic rings. The van der Waals surface area contributed by atoms with Crippen molar-refractivity contribution in [2.45, 2.75) is 11.8 Å². The van der Waals surface area contributed by atoms with E-state index in [-0.39, 0.29) is 0 Å². The predicted molar refractivity (Wildman–Crippen MR) is 91.7 cm³/mol. The molecule has 0 spiro atoms. The fraction of sp³-hybridized carbons (Fsp3) is 0.111. The van der Waals surface area contributed by atoms with Gasteiger partial charge in [0.05, 0.1) is 23.0 Å². The molecule has 26 heavy (non-hydrogen) atoms. The number of aromatic amines is 1. The Bertz CT molecular complexity index is 1020. The van der Waals surface area contributed by atoms with E-state index in [1.54, 1.807) is 31.2 Å². The van der Waals surface area contributed by atoms with Crippen molar-refractivity contribution in [2.24, 2.45) is 0 Å². The Kier molecular flexibility index (Phi) is 3.21. The molecule has 126 valence electrons. The topological polar surface area (TPSA) is 106 Å². The van der Waals surface area contributed by atoms with Gasteiger partial charge in [0.2, 0.25) is 5.89 Å². The van der Waals surface area contributed by atoms with Gasteiger partial charge in [-0.1, -0.05) is 12.2 Å². The number of oxazole rings is 1. The summed E-state index contributed by atoms with van der Waals surface area (Å²) >= 11 is 0. The van der Waals surface area contributed by atoms with Crippen molar-refractivity contribution >= 4 is 6.08 Å². The van der Waals surface area contributed by atoms with E-state index in [1.165, 1.54) is 6.26 Å². The minimum absolute atomic E-state index is 0.490. The fourth-order valence-electron chi connectivity index (χ4n) is 3.36.